The van der Waals surface area contributed by atoms with Crippen LogP contribution >= 0.6 is 0 Å². The average molecular weight is 303 g/mol. The molecule has 2 N–H and O–H groups in total. The van der Waals surface area contributed by atoms with Gasteiger partial charge < -0.3 is 9.73 Å². The first kappa shape index (κ1) is 17.2. The van der Waals surface area contributed by atoms with E-state index in [2.05, 4.69) is 17.0 Å². The molecule has 0 atom stereocenters. The summed E-state index contributed by atoms with van der Waals surface area (Å²) in [5.41, 5.74) is 0. The third-order valence-electron chi connectivity index (χ3n) is 2.90. The lowest BCUT2D eigenvalue weighted by molar-refractivity contribution is 0.442. The van der Waals surface area contributed by atoms with E-state index in [4.69, 9.17) is 4.42 Å². The van der Waals surface area contributed by atoms with Gasteiger partial charge in [-0.25, -0.2) is 4.72 Å². The third kappa shape index (κ3) is 6.51. The van der Waals surface area contributed by atoms with Crippen molar-refractivity contribution in [2.24, 2.45) is 0 Å². The number of rotatable bonds is 11. The van der Waals surface area contributed by atoms with E-state index < -0.39 is 10.2 Å². The molecule has 0 aliphatic rings. The van der Waals surface area contributed by atoms with Crippen LogP contribution in [0.1, 0.15) is 25.5 Å². The second kappa shape index (κ2) is 9.12. The maximum atomic E-state index is 11.9. The molecule has 0 aliphatic carbocycles. The molecule has 20 heavy (non-hydrogen) atoms. The van der Waals surface area contributed by atoms with E-state index in [1.54, 1.807) is 19.4 Å². The summed E-state index contributed by atoms with van der Waals surface area (Å²) in [6, 6.07) is 3.62. The molecule has 1 aromatic heterocycles. The van der Waals surface area contributed by atoms with Crippen molar-refractivity contribution >= 4 is 10.2 Å². The molecule has 1 aromatic rings. The summed E-state index contributed by atoms with van der Waals surface area (Å²) >= 11 is 0. The van der Waals surface area contributed by atoms with Gasteiger partial charge in [-0.2, -0.15) is 12.7 Å². The molecule has 0 unspecified atom stereocenters. The standard InChI is InChI=1S/C13H25N3O3S/c1-3-8-14-9-5-11-16(2)20(17,18)15-10-7-13-6-4-12-19-13/h4,6,12,14-15H,3,5,7-11H2,1-2H3. The fourth-order valence-electron chi connectivity index (χ4n) is 1.72. The Hall–Kier alpha value is -0.890. The molecule has 0 bridgehead atoms. The fourth-order valence-corrected chi connectivity index (χ4v) is 2.67. The van der Waals surface area contributed by atoms with Gasteiger partial charge in [-0.15, -0.1) is 0 Å². The largest absolute Gasteiger partial charge is 0.469 e. The first-order chi connectivity index (χ1) is 9.56. The molecule has 1 rings (SSSR count). The molecule has 0 aromatic carbocycles. The van der Waals surface area contributed by atoms with Gasteiger partial charge in [-0.1, -0.05) is 6.92 Å². The van der Waals surface area contributed by atoms with Crippen LogP contribution in [-0.4, -0.2) is 45.9 Å². The maximum Gasteiger partial charge on any atom is 0.279 e. The summed E-state index contributed by atoms with van der Waals surface area (Å²) in [7, 11) is -1.80. The molecule has 0 radical (unpaired) electrons. The normalized spacial score (nSPS) is 12.2. The van der Waals surface area contributed by atoms with Crippen LogP contribution in [0.2, 0.25) is 0 Å². The van der Waals surface area contributed by atoms with Gasteiger partial charge in [-0.3, -0.25) is 0 Å². The van der Waals surface area contributed by atoms with Gasteiger partial charge in [0.05, 0.1) is 6.26 Å². The van der Waals surface area contributed by atoms with Gasteiger partial charge in [0.15, 0.2) is 0 Å². The Labute approximate surface area is 121 Å². The molecule has 116 valence electrons. The van der Waals surface area contributed by atoms with Crippen molar-refractivity contribution in [3.05, 3.63) is 24.2 Å². The van der Waals surface area contributed by atoms with E-state index in [-0.39, 0.29) is 0 Å². The molecule has 1 heterocycles. The SMILES string of the molecule is CCCNCCCN(C)S(=O)(=O)NCCc1ccco1. The van der Waals surface area contributed by atoms with Gasteiger partial charge in [0.2, 0.25) is 0 Å². The summed E-state index contributed by atoms with van der Waals surface area (Å²) in [6.45, 7) is 4.76. The first-order valence-electron chi connectivity index (χ1n) is 7.00. The number of nitrogens with zero attached hydrogens (tertiary/aromatic N) is 1. The zero-order chi connectivity index (χ0) is 14.8. The molecule has 0 fully saturated rings. The van der Waals surface area contributed by atoms with Crippen LogP contribution in [0.4, 0.5) is 0 Å². The van der Waals surface area contributed by atoms with E-state index in [1.165, 1.54) is 4.31 Å². The van der Waals surface area contributed by atoms with Crippen molar-refractivity contribution in [2.45, 2.75) is 26.2 Å². The Balaban J connectivity index is 2.21. The minimum Gasteiger partial charge on any atom is -0.469 e. The highest BCUT2D eigenvalue weighted by Gasteiger charge is 2.16. The number of furan rings is 1. The highest BCUT2D eigenvalue weighted by molar-refractivity contribution is 7.87. The number of hydrogen-bond donors (Lipinski definition) is 2. The summed E-state index contributed by atoms with van der Waals surface area (Å²) in [5.74, 6) is 0.777. The molecule has 0 amide bonds. The smallest absolute Gasteiger partial charge is 0.279 e. The van der Waals surface area contributed by atoms with Crippen molar-refractivity contribution in [3.8, 4) is 0 Å². The molecule has 0 saturated heterocycles. The summed E-state index contributed by atoms with van der Waals surface area (Å²) in [4.78, 5) is 0. The van der Waals surface area contributed by atoms with Gasteiger partial charge in [-0.05, 0) is 38.1 Å². The Morgan fingerprint density at radius 3 is 2.75 bits per heavy atom. The van der Waals surface area contributed by atoms with E-state index in [1.807, 2.05) is 6.07 Å². The van der Waals surface area contributed by atoms with Crippen molar-refractivity contribution in [2.75, 3.05) is 33.2 Å². The van der Waals surface area contributed by atoms with E-state index in [0.717, 1.165) is 31.7 Å². The van der Waals surface area contributed by atoms with E-state index in [0.29, 0.717) is 19.5 Å². The average Bonchev–Trinajstić information content (AvgIpc) is 2.91. The van der Waals surface area contributed by atoms with Crippen LogP contribution in [0, 0.1) is 0 Å². The molecule has 7 heteroatoms. The van der Waals surface area contributed by atoms with Crippen LogP contribution in [0.5, 0.6) is 0 Å². The van der Waals surface area contributed by atoms with Crippen molar-refractivity contribution in [1.29, 1.82) is 0 Å². The predicted octanol–water partition coefficient (Wildman–Crippen LogP) is 0.978. The van der Waals surface area contributed by atoms with Crippen LogP contribution < -0.4 is 10.0 Å². The topological polar surface area (TPSA) is 74.6 Å². The van der Waals surface area contributed by atoms with Crippen molar-refractivity contribution in [3.63, 3.8) is 0 Å². The van der Waals surface area contributed by atoms with Crippen LogP contribution in [0.15, 0.2) is 22.8 Å². The summed E-state index contributed by atoms with van der Waals surface area (Å²) < 4.78 is 33.0. The monoisotopic (exact) mass is 303 g/mol. The maximum absolute atomic E-state index is 11.9. The Bertz CT molecular complexity index is 445. The predicted molar refractivity (Wildman–Crippen MR) is 79.7 cm³/mol. The van der Waals surface area contributed by atoms with Crippen molar-refractivity contribution < 1.29 is 12.8 Å². The van der Waals surface area contributed by atoms with Gasteiger partial charge in [0, 0.05) is 26.6 Å². The minimum atomic E-state index is -3.39. The molecule has 6 nitrogen and oxygen atoms in total. The molecule has 0 spiro atoms. The van der Waals surface area contributed by atoms with Gasteiger partial charge in [0.25, 0.3) is 10.2 Å². The van der Waals surface area contributed by atoms with Crippen molar-refractivity contribution in [1.82, 2.24) is 14.3 Å². The highest BCUT2D eigenvalue weighted by Crippen LogP contribution is 2.01. The molecule has 0 aliphatic heterocycles. The lowest BCUT2D eigenvalue weighted by atomic mass is 10.3. The third-order valence-corrected chi connectivity index (χ3v) is 4.47. The fraction of sp³-hybridized carbons (Fsp3) is 0.692. The lowest BCUT2D eigenvalue weighted by Crippen LogP contribution is -2.40. The minimum absolute atomic E-state index is 0.342. The van der Waals surface area contributed by atoms with Crippen LogP contribution in [-0.2, 0) is 16.6 Å². The van der Waals surface area contributed by atoms with E-state index >= 15 is 0 Å². The van der Waals surface area contributed by atoms with Crippen LogP contribution in [0.3, 0.4) is 0 Å². The molecule has 0 saturated carbocycles. The zero-order valence-corrected chi connectivity index (χ0v) is 13.1. The molecular formula is C13H25N3O3S. The van der Waals surface area contributed by atoms with Crippen LogP contribution in [0.25, 0.3) is 0 Å². The van der Waals surface area contributed by atoms with Gasteiger partial charge in [0.1, 0.15) is 5.76 Å². The Morgan fingerprint density at radius 1 is 1.30 bits per heavy atom. The Morgan fingerprint density at radius 2 is 2.10 bits per heavy atom. The summed E-state index contributed by atoms with van der Waals surface area (Å²) in [5, 5.41) is 3.25. The first-order valence-corrected chi connectivity index (χ1v) is 8.44. The van der Waals surface area contributed by atoms with E-state index in [9.17, 15) is 8.42 Å². The molecular weight excluding hydrogens is 278 g/mol. The lowest BCUT2D eigenvalue weighted by Gasteiger charge is -2.17. The Kier molecular flexibility index (Phi) is 7.83. The quantitative estimate of drug-likeness (QED) is 0.598. The van der Waals surface area contributed by atoms with Gasteiger partial charge >= 0.3 is 0 Å². The highest BCUT2D eigenvalue weighted by atomic mass is 32.2. The number of nitrogens with one attached hydrogen (secondary N) is 2. The second-order valence-electron chi connectivity index (χ2n) is 4.65. The zero-order valence-electron chi connectivity index (χ0n) is 12.3. The second-order valence-corrected chi connectivity index (χ2v) is 6.52. The number of hydrogen-bond acceptors (Lipinski definition) is 4. The summed E-state index contributed by atoms with van der Waals surface area (Å²) in [6.07, 6.45) is 4.02.